The maximum absolute atomic E-state index is 12.9. The predicted octanol–water partition coefficient (Wildman–Crippen LogP) is 2.92. The van der Waals surface area contributed by atoms with E-state index < -0.39 is 5.91 Å². The van der Waals surface area contributed by atoms with Crippen LogP contribution in [0.25, 0.3) is 10.8 Å². The van der Waals surface area contributed by atoms with Gasteiger partial charge in [0.1, 0.15) is 11.5 Å². The topological polar surface area (TPSA) is 106 Å². The highest BCUT2D eigenvalue weighted by Crippen LogP contribution is 2.21. The van der Waals surface area contributed by atoms with Crippen LogP contribution in [0.15, 0.2) is 82.7 Å². The summed E-state index contributed by atoms with van der Waals surface area (Å²) in [6.45, 7) is 0.228. The van der Waals surface area contributed by atoms with Crippen molar-refractivity contribution < 1.29 is 14.6 Å². The molecule has 1 amide bonds. The van der Waals surface area contributed by atoms with Gasteiger partial charge >= 0.3 is 0 Å². The number of rotatable bonds is 6. The van der Waals surface area contributed by atoms with E-state index in [2.05, 4.69) is 15.6 Å². The first kappa shape index (κ1) is 20.8. The van der Waals surface area contributed by atoms with Crippen LogP contribution in [0.5, 0.6) is 11.5 Å². The zero-order chi connectivity index (χ0) is 22.5. The number of phenols is 1. The lowest BCUT2D eigenvalue weighted by Crippen LogP contribution is -2.29. The predicted molar refractivity (Wildman–Crippen MR) is 121 cm³/mol. The largest absolute Gasteiger partial charge is 0.507 e. The number of hydrogen-bond donors (Lipinski definition) is 2. The maximum Gasteiger partial charge on any atom is 0.292 e. The molecule has 0 radical (unpaired) electrons. The molecule has 0 saturated heterocycles. The van der Waals surface area contributed by atoms with Gasteiger partial charge in [-0.05, 0) is 29.8 Å². The van der Waals surface area contributed by atoms with E-state index in [0.717, 1.165) is 5.56 Å². The van der Waals surface area contributed by atoms with Gasteiger partial charge in [-0.15, -0.1) is 0 Å². The Bertz CT molecular complexity index is 1360. The van der Waals surface area contributed by atoms with Crippen molar-refractivity contribution in [2.24, 2.45) is 5.10 Å². The van der Waals surface area contributed by atoms with E-state index in [1.165, 1.54) is 24.1 Å². The number of nitrogens with zero attached hydrogens (tertiary/aromatic N) is 3. The highest BCUT2D eigenvalue weighted by molar-refractivity contribution is 6.05. The minimum atomic E-state index is -0.582. The second kappa shape index (κ2) is 9.13. The molecule has 0 aliphatic heterocycles. The normalized spacial score (nSPS) is 11.0. The van der Waals surface area contributed by atoms with Crippen LogP contribution in [0.1, 0.15) is 21.6 Å². The number of carbonyl (C=O) groups is 1. The molecule has 8 heteroatoms. The van der Waals surface area contributed by atoms with Crippen molar-refractivity contribution in [1.29, 1.82) is 0 Å². The maximum atomic E-state index is 12.9. The Kier molecular flexibility index (Phi) is 5.94. The minimum Gasteiger partial charge on any atom is -0.507 e. The molecule has 1 heterocycles. The van der Waals surface area contributed by atoms with Crippen LogP contribution >= 0.6 is 0 Å². The number of methoxy groups -OCH3 is 1. The van der Waals surface area contributed by atoms with Crippen LogP contribution in [0.3, 0.4) is 0 Å². The number of hydrogen-bond acceptors (Lipinski definition) is 6. The molecule has 0 atom stereocenters. The van der Waals surface area contributed by atoms with Gasteiger partial charge in [0.15, 0.2) is 5.69 Å². The second-order valence-electron chi connectivity index (χ2n) is 6.97. The summed E-state index contributed by atoms with van der Waals surface area (Å²) < 4.78 is 6.39. The first-order valence-electron chi connectivity index (χ1n) is 9.81. The monoisotopic (exact) mass is 428 g/mol. The summed E-state index contributed by atoms with van der Waals surface area (Å²) in [6, 6.07) is 20.9. The van der Waals surface area contributed by atoms with Gasteiger partial charge in [0.05, 0.1) is 25.3 Å². The van der Waals surface area contributed by atoms with E-state index in [1.54, 1.807) is 36.4 Å². The lowest BCUT2D eigenvalue weighted by molar-refractivity contribution is 0.0949. The van der Waals surface area contributed by atoms with Gasteiger partial charge in [-0.3, -0.25) is 9.59 Å². The molecule has 0 unspecified atom stereocenters. The Labute approximate surface area is 183 Å². The number of ether oxygens (including phenoxy) is 1. The number of nitrogens with one attached hydrogen (secondary N) is 1. The van der Waals surface area contributed by atoms with Crippen molar-refractivity contribution in [2.45, 2.75) is 6.54 Å². The summed E-state index contributed by atoms with van der Waals surface area (Å²) in [7, 11) is 1.51. The number of phenolic OH excluding ortho intramolecular Hbond substituents is 1. The summed E-state index contributed by atoms with van der Waals surface area (Å²) in [5, 5.41) is 19.0. The summed E-state index contributed by atoms with van der Waals surface area (Å²) in [5.41, 5.74) is 3.46. The average Bonchev–Trinajstić information content (AvgIpc) is 2.82. The van der Waals surface area contributed by atoms with Crippen LogP contribution in [0, 0.1) is 0 Å². The standard InChI is InChI=1S/C24H20N4O4/c1-32-18-11-12-21(29)17(13-18)14-25-26-23(30)22-19-9-5-6-10-20(19)24(31)28(27-22)15-16-7-3-2-4-8-16/h2-14,29H,15H2,1H3,(H,26,30). The Morgan fingerprint density at radius 1 is 1.09 bits per heavy atom. The van der Waals surface area contributed by atoms with E-state index in [0.29, 0.717) is 22.1 Å². The van der Waals surface area contributed by atoms with Crippen molar-refractivity contribution in [2.75, 3.05) is 7.11 Å². The third-order valence-corrected chi connectivity index (χ3v) is 4.86. The van der Waals surface area contributed by atoms with Crippen molar-refractivity contribution in [3.63, 3.8) is 0 Å². The molecule has 0 spiro atoms. The molecule has 4 aromatic rings. The molecular weight excluding hydrogens is 408 g/mol. The average molecular weight is 428 g/mol. The van der Waals surface area contributed by atoms with Crippen molar-refractivity contribution in [3.05, 3.63) is 100.0 Å². The van der Waals surface area contributed by atoms with E-state index >= 15 is 0 Å². The molecule has 4 rings (SSSR count). The number of hydrazone groups is 1. The van der Waals surface area contributed by atoms with E-state index in [9.17, 15) is 14.7 Å². The first-order valence-corrected chi connectivity index (χ1v) is 9.81. The van der Waals surface area contributed by atoms with E-state index in [-0.39, 0.29) is 23.5 Å². The van der Waals surface area contributed by atoms with Gasteiger partial charge in [0, 0.05) is 10.9 Å². The first-order chi connectivity index (χ1) is 15.6. The van der Waals surface area contributed by atoms with Gasteiger partial charge in [-0.2, -0.15) is 10.2 Å². The number of fused-ring (bicyclic) bond motifs is 1. The summed E-state index contributed by atoms with van der Waals surface area (Å²) >= 11 is 0. The third-order valence-electron chi connectivity index (χ3n) is 4.86. The molecule has 32 heavy (non-hydrogen) atoms. The van der Waals surface area contributed by atoms with Crippen molar-refractivity contribution in [1.82, 2.24) is 15.2 Å². The smallest absolute Gasteiger partial charge is 0.292 e. The fourth-order valence-corrected chi connectivity index (χ4v) is 3.24. The van der Waals surface area contributed by atoms with Crippen LogP contribution in [0.2, 0.25) is 0 Å². The van der Waals surface area contributed by atoms with Crippen LogP contribution in [0.4, 0.5) is 0 Å². The Hall–Kier alpha value is -4.46. The van der Waals surface area contributed by atoms with Crippen LogP contribution in [-0.4, -0.2) is 34.1 Å². The lowest BCUT2D eigenvalue weighted by Gasteiger charge is -2.10. The molecule has 0 fully saturated rings. The highest BCUT2D eigenvalue weighted by Gasteiger charge is 2.16. The fourth-order valence-electron chi connectivity index (χ4n) is 3.24. The SMILES string of the molecule is COc1ccc(O)c(C=NNC(=O)c2nn(Cc3ccccc3)c(=O)c3ccccc23)c1. The third kappa shape index (κ3) is 4.34. The van der Waals surface area contributed by atoms with Gasteiger partial charge in [0.2, 0.25) is 0 Å². The van der Waals surface area contributed by atoms with Crippen molar-refractivity contribution >= 4 is 22.9 Å². The Morgan fingerprint density at radius 3 is 2.56 bits per heavy atom. The second-order valence-corrected chi connectivity index (χ2v) is 6.97. The molecular formula is C24H20N4O4. The molecule has 160 valence electrons. The fraction of sp³-hybridized carbons (Fsp3) is 0.0833. The molecule has 0 aliphatic rings. The quantitative estimate of drug-likeness (QED) is 0.363. The summed E-state index contributed by atoms with van der Waals surface area (Å²) in [5.74, 6) is -0.0540. The molecule has 0 bridgehead atoms. The number of amides is 1. The zero-order valence-electron chi connectivity index (χ0n) is 17.2. The molecule has 2 N–H and O–H groups in total. The van der Waals surface area contributed by atoms with Crippen LogP contribution in [-0.2, 0) is 6.54 Å². The minimum absolute atomic E-state index is 0.0104. The Morgan fingerprint density at radius 2 is 1.81 bits per heavy atom. The number of aromatic hydroxyl groups is 1. The van der Waals surface area contributed by atoms with E-state index in [1.807, 2.05) is 30.3 Å². The van der Waals surface area contributed by atoms with Gasteiger partial charge in [-0.25, -0.2) is 10.1 Å². The molecule has 0 saturated carbocycles. The van der Waals surface area contributed by atoms with Gasteiger partial charge < -0.3 is 9.84 Å². The van der Waals surface area contributed by atoms with E-state index in [4.69, 9.17) is 4.74 Å². The molecule has 0 aliphatic carbocycles. The van der Waals surface area contributed by atoms with Crippen LogP contribution < -0.4 is 15.7 Å². The van der Waals surface area contributed by atoms with Crippen molar-refractivity contribution in [3.8, 4) is 11.5 Å². The summed E-state index contributed by atoms with van der Waals surface area (Å²) in [4.78, 5) is 25.8. The zero-order valence-corrected chi connectivity index (χ0v) is 17.2. The Balaban J connectivity index is 1.66. The van der Waals surface area contributed by atoms with Gasteiger partial charge in [0.25, 0.3) is 11.5 Å². The highest BCUT2D eigenvalue weighted by atomic mass is 16.5. The molecule has 1 aromatic heterocycles. The summed E-state index contributed by atoms with van der Waals surface area (Å²) in [6.07, 6.45) is 1.30. The number of aromatic nitrogens is 2. The van der Waals surface area contributed by atoms with Gasteiger partial charge in [-0.1, -0.05) is 48.5 Å². The molecule has 3 aromatic carbocycles. The number of carbonyl (C=O) groups excluding carboxylic acids is 1. The lowest BCUT2D eigenvalue weighted by atomic mass is 10.1. The molecule has 8 nitrogen and oxygen atoms in total. The number of benzene rings is 3.